The Morgan fingerprint density at radius 2 is 1.76 bits per heavy atom. The number of carbonyl (C=O) groups is 2. The van der Waals surface area contributed by atoms with E-state index in [2.05, 4.69) is 30.3 Å². The molecule has 2 aliphatic heterocycles. The number of carbonyl (C=O) groups excluding carboxylic acids is 2. The molecule has 0 radical (unpaired) electrons. The van der Waals surface area contributed by atoms with E-state index in [1.54, 1.807) is 4.90 Å². The van der Waals surface area contributed by atoms with Crippen LogP contribution in [0.25, 0.3) is 0 Å². The van der Waals surface area contributed by atoms with Crippen molar-refractivity contribution in [2.45, 2.75) is 24.8 Å². The third-order valence-corrected chi connectivity index (χ3v) is 9.72. The summed E-state index contributed by atoms with van der Waals surface area (Å²) in [5, 5.41) is 3.49. The number of likely N-dealkylation sites (N-methyl/N-ethyl adjacent to an activating group) is 1. The van der Waals surface area contributed by atoms with Gasteiger partial charge in [-0.25, -0.2) is 8.42 Å². The minimum absolute atomic E-state index is 0.0761. The zero-order valence-corrected chi connectivity index (χ0v) is 23.3. The number of anilines is 1. The fourth-order valence-corrected chi connectivity index (χ4v) is 7.29. The van der Waals surface area contributed by atoms with Crippen molar-refractivity contribution in [3.05, 3.63) is 71.1 Å². The van der Waals surface area contributed by atoms with Gasteiger partial charge in [-0.15, -0.1) is 24.5 Å². The van der Waals surface area contributed by atoms with Crippen LogP contribution in [-0.2, 0) is 27.7 Å². The highest BCUT2D eigenvalue weighted by Gasteiger charge is 2.31. The summed E-state index contributed by atoms with van der Waals surface area (Å²) in [6.07, 6.45) is 3.78. The molecule has 1 saturated heterocycles. The van der Waals surface area contributed by atoms with Crippen LogP contribution in [0.15, 0.2) is 54.5 Å². The van der Waals surface area contributed by atoms with Gasteiger partial charge in [0, 0.05) is 49.7 Å². The fourth-order valence-electron chi connectivity index (χ4n) is 4.63. The molecule has 0 bridgehead atoms. The van der Waals surface area contributed by atoms with Gasteiger partial charge in [0.15, 0.2) is 0 Å². The van der Waals surface area contributed by atoms with Gasteiger partial charge >= 0.3 is 0 Å². The molecule has 2 aromatic rings. The Labute approximate surface area is 228 Å². The summed E-state index contributed by atoms with van der Waals surface area (Å²) in [6, 6.07) is 5.81. The average molecular weight is 559 g/mol. The van der Waals surface area contributed by atoms with Crippen LogP contribution in [0.1, 0.15) is 38.1 Å². The van der Waals surface area contributed by atoms with Crippen LogP contribution in [-0.4, -0.2) is 86.8 Å². The first-order chi connectivity index (χ1) is 18.3. The molecule has 9 nitrogen and oxygen atoms in total. The van der Waals surface area contributed by atoms with Gasteiger partial charge in [0.25, 0.3) is 11.8 Å². The van der Waals surface area contributed by atoms with E-state index < -0.39 is 15.9 Å². The van der Waals surface area contributed by atoms with E-state index in [9.17, 15) is 18.0 Å². The number of thiophene rings is 1. The standard InChI is InChI=1S/C27H34N4O5S2/c1-4-12-31(13-5-2)38(34,35)21-9-7-20(8-10-21)25(32)28-26-24(27(33)30-15-17-36-18-16-30)22-11-14-29(6-3)19-23(22)37-26/h4-5,7-10H,1-2,6,11-19H2,3H3,(H,28,32). The molecule has 1 aromatic carbocycles. The third kappa shape index (κ3) is 5.92. The van der Waals surface area contributed by atoms with Crippen LogP contribution in [0.2, 0.25) is 0 Å². The van der Waals surface area contributed by atoms with E-state index >= 15 is 0 Å². The molecular weight excluding hydrogens is 524 g/mol. The summed E-state index contributed by atoms with van der Waals surface area (Å²) >= 11 is 1.44. The number of amides is 2. The minimum atomic E-state index is -3.77. The van der Waals surface area contributed by atoms with Crippen LogP contribution in [0.5, 0.6) is 0 Å². The van der Waals surface area contributed by atoms with Crippen molar-refractivity contribution in [2.75, 3.05) is 57.8 Å². The number of sulfonamides is 1. The smallest absolute Gasteiger partial charge is 0.257 e. The largest absolute Gasteiger partial charge is 0.378 e. The molecule has 0 atom stereocenters. The van der Waals surface area contributed by atoms with Crippen molar-refractivity contribution in [1.82, 2.24) is 14.1 Å². The highest BCUT2D eigenvalue weighted by Crippen LogP contribution is 2.38. The minimum Gasteiger partial charge on any atom is -0.378 e. The Hall–Kier alpha value is -2.83. The number of nitrogens with one attached hydrogen (secondary N) is 1. The highest BCUT2D eigenvalue weighted by molar-refractivity contribution is 7.89. The predicted molar refractivity (Wildman–Crippen MR) is 149 cm³/mol. The molecular formula is C27H34N4O5S2. The third-order valence-electron chi connectivity index (χ3n) is 6.74. The lowest BCUT2D eigenvalue weighted by atomic mass is 10.0. The highest BCUT2D eigenvalue weighted by atomic mass is 32.2. The van der Waals surface area contributed by atoms with Crippen molar-refractivity contribution in [1.29, 1.82) is 0 Å². The molecule has 0 saturated carbocycles. The van der Waals surface area contributed by atoms with Crippen molar-refractivity contribution in [3.63, 3.8) is 0 Å². The SMILES string of the molecule is C=CCN(CC=C)S(=O)(=O)c1ccc(C(=O)Nc2sc3c(c2C(=O)N2CCOCC2)CCN(CC)C3)cc1. The van der Waals surface area contributed by atoms with E-state index in [1.165, 1.54) is 52.1 Å². The Kier molecular flexibility index (Phi) is 9.16. The van der Waals surface area contributed by atoms with Crippen LogP contribution in [0, 0.1) is 0 Å². The number of rotatable bonds is 10. The van der Waals surface area contributed by atoms with Gasteiger partial charge in [0.1, 0.15) is 5.00 Å². The maximum Gasteiger partial charge on any atom is 0.257 e. The summed E-state index contributed by atoms with van der Waals surface area (Å²) in [6.45, 7) is 14.2. The molecule has 38 heavy (non-hydrogen) atoms. The van der Waals surface area contributed by atoms with Gasteiger partial charge in [0.05, 0.1) is 23.7 Å². The maximum atomic E-state index is 13.6. The lowest BCUT2D eigenvalue weighted by Gasteiger charge is -2.29. The molecule has 2 aliphatic rings. The number of hydrogen-bond acceptors (Lipinski definition) is 7. The van der Waals surface area contributed by atoms with Gasteiger partial charge in [-0.05, 0) is 42.8 Å². The zero-order valence-electron chi connectivity index (χ0n) is 21.6. The van der Waals surface area contributed by atoms with E-state index in [0.29, 0.717) is 42.4 Å². The number of nitrogens with zero attached hydrogens (tertiary/aromatic N) is 3. The molecule has 1 aromatic heterocycles. The van der Waals surface area contributed by atoms with Crippen molar-refractivity contribution in [3.8, 4) is 0 Å². The zero-order chi connectivity index (χ0) is 27.3. The van der Waals surface area contributed by atoms with Crippen LogP contribution in [0.4, 0.5) is 5.00 Å². The van der Waals surface area contributed by atoms with Gasteiger partial charge in [0.2, 0.25) is 10.0 Å². The Bertz CT molecular complexity index is 1290. The number of ether oxygens (including phenoxy) is 1. The average Bonchev–Trinajstić information content (AvgIpc) is 3.29. The van der Waals surface area contributed by atoms with E-state index in [-0.39, 0.29) is 23.9 Å². The molecule has 0 unspecified atom stereocenters. The summed E-state index contributed by atoms with van der Waals surface area (Å²) in [4.78, 5) is 32.1. The second-order valence-corrected chi connectivity index (χ2v) is 12.2. The Balaban J connectivity index is 1.59. The van der Waals surface area contributed by atoms with Crippen LogP contribution >= 0.6 is 11.3 Å². The Morgan fingerprint density at radius 1 is 1.11 bits per heavy atom. The molecule has 3 heterocycles. The molecule has 4 rings (SSSR count). The first-order valence-corrected chi connectivity index (χ1v) is 14.9. The molecule has 1 fully saturated rings. The maximum absolute atomic E-state index is 13.6. The molecule has 204 valence electrons. The van der Waals surface area contributed by atoms with Crippen molar-refractivity contribution >= 4 is 38.2 Å². The molecule has 0 aliphatic carbocycles. The first kappa shape index (κ1) is 28.2. The fraction of sp³-hybridized carbons (Fsp3) is 0.407. The van der Waals surface area contributed by atoms with Crippen molar-refractivity contribution < 1.29 is 22.7 Å². The summed E-state index contributed by atoms with van der Waals surface area (Å²) in [7, 11) is -3.77. The summed E-state index contributed by atoms with van der Waals surface area (Å²) in [5.41, 5.74) is 1.88. The van der Waals surface area contributed by atoms with Crippen LogP contribution in [0.3, 0.4) is 0 Å². The number of fused-ring (bicyclic) bond motifs is 1. The van der Waals surface area contributed by atoms with Gasteiger partial charge in [-0.1, -0.05) is 19.1 Å². The van der Waals surface area contributed by atoms with E-state index in [0.717, 1.165) is 36.5 Å². The predicted octanol–water partition coefficient (Wildman–Crippen LogP) is 3.21. The summed E-state index contributed by atoms with van der Waals surface area (Å²) in [5.74, 6) is -0.484. The quantitative estimate of drug-likeness (QED) is 0.450. The molecule has 0 spiro atoms. The number of morpholine rings is 1. The monoisotopic (exact) mass is 558 g/mol. The van der Waals surface area contributed by atoms with E-state index in [4.69, 9.17) is 4.74 Å². The van der Waals surface area contributed by atoms with Gasteiger partial charge in [-0.2, -0.15) is 4.31 Å². The van der Waals surface area contributed by atoms with Gasteiger partial charge < -0.3 is 15.0 Å². The topological polar surface area (TPSA) is 99.3 Å². The second-order valence-electron chi connectivity index (χ2n) is 9.11. The molecule has 2 amide bonds. The van der Waals surface area contributed by atoms with Crippen LogP contribution < -0.4 is 5.32 Å². The molecule has 1 N–H and O–H groups in total. The van der Waals surface area contributed by atoms with E-state index in [1.807, 2.05) is 0 Å². The summed E-state index contributed by atoms with van der Waals surface area (Å²) < 4.78 is 32.7. The number of benzene rings is 1. The normalized spacial score (nSPS) is 16.2. The first-order valence-electron chi connectivity index (χ1n) is 12.7. The second kappa shape index (κ2) is 12.4. The number of hydrogen-bond donors (Lipinski definition) is 1. The van der Waals surface area contributed by atoms with Gasteiger partial charge in [-0.3, -0.25) is 14.5 Å². The van der Waals surface area contributed by atoms with Crippen molar-refractivity contribution in [2.24, 2.45) is 0 Å². The molecule has 11 heteroatoms. The lowest BCUT2D eigenvalue weighted by molar-refractivity contribution is 0.0303. The lowest BCUT2D eigenvalue weighted by Crippen LogP contribution is -2.41. The Morgan fingerprint density at radius 3 is 2.37 bits per heavy atom.